The molecule has 1 N–H and O–H groups in total. The van der Waals surface area contributed by atoms with Gasteiger partial charge in [-0.25, -0.2) is 9.59 Å². The second-order valence-electron chi connectivity index (χ2n) is 3.71. The number of pyridine rings is 1. The van der Waals surface area contributed by atoms with Crippen LogP contribution in [0.25, 0.3) is 0 Å². The Morgan fingerprint density at radius 2 is 1.81 bits per heavy atom. The Bertz CT molecular complexity index is 508. The van der Waals surface area contributed by atoms with Gasteiger partial charge < -0.3 is 19.5 Å². The molecule has 0 bridgehead atoms. The molecular weight excluding hydrogens is 276 g/mol. The summed E-state index contributed by atoms with van der Waals surface area (Å²) in [6.07, 6.45) is 1.21. The molecule has 0 unspecified atom stereocenters. The highest BCUT2D eigenvalue weighted by molar-refractivity contribution is 6.14. The fourth-order valence-electron chi connectivity index (χ4n) is 1.37. The van der Waals surface area contributed by atoms with E-state index >= 15 is 0 Å². The van der Waals surface area contributed by atoms with E-state index in [-0.39, 0.29) is 18.8 Å². The number of hydrogen-bond donors (Lipinski definition) is 1. The normalized spacial score (nSPS) is 9.48. The molecule has 1 heterocycles. The number of hydrogen-bond acceptors (Lipinski definition) is 7. The molecule has 0 saturated heterocycles. The van der Waals surface area contributed by atoms with Crippen LogP contribution < -0.4 is 10.1 Å². The summed E-state index contributed by atoms with van der Waals surface area (Å²) in [4.78, 5) is 27.5. The molecule has 0 aliphatic rings. The van der Waals surface area contributed by atoms with Crippen LogP contribution in [-0.2, 0) is 19.1 Å². The zero-order chi connectivity index (χ0) is 15.7. The number of rotatable bonds is 7. The maximum absolute atomic E-state index is 11.7. The number of ether oxygens (including phenoxy) is 3. The molecule has 114 valence electrons. The third kappa shape index (κ3) is 5.13. The Kier molecular flexibility index (Phi) is 6.73. The number of nitrogens with one attached hydrogen (secondary N) is 1. The third-order valence-corrected chi connectivity index (χ3v) is 2.29. The highest BCUT2D eigenvalue weighted by Gasteiger charge is 2.20. The van der Waals surface area contributed by atoms with Crippen molar-refractivity contribution >= 4 is 17.8 Å². The lowest BCUT2D eigenvalue weighted by Crippen LogP contribution is -2.19. The van der Waals surface area contributed by atoms with Gasteiger partial charge in [-0.2, -0.15) is 4.98 Å². The van der Waals surface area contributed by atoms with Crippen molar-refractivity contribution in [3.8, 4) is 5.88 Å². The Hall–Kier alpha value is -2.57. The lowest BCUT2D eigenvalue weighted by molar-refractivity contribution is -0.146. The first kappa shape index (κ1) is 16.5. The van der Waals surface area contributed by atoms with E-state index in [1.54, 1.807) is 32.0 Å². The highest BCUT2D eigenvalue weighted by Crippen LogP contribution is 2.11. The van der Waals surface area contributed by atoms with Gasteiger partial charge >= 0.3 is 11.9 Å². The van der Waals surface area contributed by atoms with Crippen molar-refractivity contribution in [3.05, 3.63) is 30.0 Å². The second kappa shape index (κ2) is 8.57. The summed E-state index contributed by atoms with van der Waals surface area (Å²) in [5.41, 5.74) is -0.233. The molecule has 21 heavy (non-hydrogen) atoms. The lowest BCUT2D eigenvalue weighted by atomic mass is 10.3. The molecule has 7 heteroatoms. The number of anilines is 1. The maximum Gasteiger partial charge on any atom is 0.347 e. The van der Waals surface area contributed by atoms with Gasteiger partial charge in [0.25, 0.3) is 0 Å². The SMILES string of the molecule is CCOC(=O)C(=CNc1cccc(OC)n1)C(=O)OCC. The van der Waals surface area contributed by atoms with E-state index in [1.807, 2.05) is 0 Å². The van der Waals surface area contributed by atoms with Crippen LogP contribution in [0.5, 0.6) is 5.88 Å². The summed E-state index contributed by atoms with van der Waals surface area (Å²) in [5, 5.41) is 2.74. The van der Waals surface area contributed by atoms with E-state index in [1.165, 1.54) is 13.3 Å². The average molecular weight is 294 g/mol. The highest BCUT2D eigenvalue weighted by atomic mass is 16.6. The van der Waals surface area contributed by atoms with Crippen LogP contribution in [-0.4, -0.2) is 37.2 Å². The summed E-state index contributed by atoms with van der Waals surface area (Å²) in [6.45, 7) is 3.62. The lowest BCUT2D eigenvalue weighted by Gasteiger charge is -2.07. The third-order valence-electron chi connectivity index (χ3n) is 2.29. The van der Waals surface area contributed by atoms with Crippen LogP contribution in [0.15, 0.2) is 30.0 Å². The Morgan fingerprint density at radius 1 is 1.19 bits per heavy atom. The van der Waals surface area contributed by atoms with Crippen molar-refractivity contribution in [1.29, 1.82) is 0 Å². The molecule has 1 aromatic heterocycles. The fraction of sp³-hybridized carbons (Fsp3) is 0.357. The molecule has 0 radical (unpaired) electrons. The minimum absolute atomic E-state index is 0.160. The zero-order valence-corrected chi connectivity index (χ0v) is 12.2. The van der Waals surface area contributed by atoms with Crippen molar-refractivity contribution < 1.29 is 23.8 Å². The minimum Gasteiger partial charge on any atom is -0.481 e. The van der Waals surface area contributed by atoms with Crippen LogP contribution >= 0.6 is 0 Å². The molecule has 0 saturated carbocycles. The van der Waals surface area contributed by atoms with Crippen LogP contribution in [0.3, 0.4) is 0 Å². The van der Waals surface area contributed by atoms with Crippen LogP contribution in [0.1, 0.15) is 13.8 Å². The molecule has 1 aromatic rings. The van der Waals surface area contributed by atoms with Crippen LogP contribution in [0.4, 0.5) is 5.82 Å². The molecule has 7 nitrogen and oxygen atoms in total. The molecule has 0 spiro atoms. The molecule has 0 fully saturated rings. The number of esters is 2. The van der Waals surface area contributed by atoms with Crippen LogP contribution in [0.2, 0.25) is 0 Å². The number of nitrogens with zero attached hydrogens (tertiary/aromatic N) is 1. The number of aromatic nitrogens is 1. The summed E-state index contributed by atoms with van der Waals surface area (Å²) in [6, 6.07) is 5.05. The van der Waals surface area contributed by atoms with Gasteiger partial charge in [0.05, 0.1) is 20.3 Å². The predicted octanol–water partition coefficient (Wildman–Crippen LogP) is 1.51. The fourth-order valence-corrected chi connectivity index (χ4v) is 1.37. The second-order valence-corrected chi connectivity index (χ2v) is 3.71. The number of carbonyl (C=O) groups excluding carboxylic acids is 2. The molecule has 0 atom stereocenters. The molecule has 0 amide bonds. The van der Waals surface area contributed by atoms with E-state index in [0.29, 0.717) is 11.7 Å². The van der Waals surface area contributed by atoms with Gasteiger partial charge in [0, 0.05) is 12.3 Å². The first-order valence-corrected chi connectivity index (χ1v) is 6.44. The quantitative estimate of drug-likeness (QED) is 0.353. The molecule has 0 aliphatic heterocycles. The largest absolute Gasteiger partial charge is 0.481 e. The van der Waals surface area contributed by atoms with Gasteiger partial charge in [-0.3, -0.25) is 0 Å². The van der Waals surface area contributed by atoms with Crippen molar-refractivity contribution in [2.45, 2.75) is 13.8 Å². The van der Waals surface area contributed by atoms with Gasteiger partial charge in [-0.15, -0.1) is 0 Å². The van der Waals surface area contributed by atoms with E-state index < -0.39 is 11.9 Å². The van der Waals surface area contributed by atoms with Crippen molar-refractivity contribution in [3.63, 3.8) is 0 Å². The van der Waals surface area contributed by atoms with Crippen LogP contribution in [0, 0.1) is 0 Å². The summed E-state index contributed by atoms with van der Waals surface area (Å²) < 4.78 is 14.6. The predicted molar refractivity (Wildman–Crippen MR) is 75.8 cm³/mol. The van der Waals surface area contributed by atoms with Crippen molar-refractivity contribution in [1.82, 2.24) is 4.98 Å². The van der Waals surface area contributed by atoms with Gasteiger partial charge in [-0.1, -0.05) is 6.07 Å². The first-order valence-electron chi connectivity index (χ1n) is 6.44. The Balaban J connectivity index is 2.90. The van der Waals surface area contributed by atoms with Crippen molar-refractivity contribution in [2.75, 3.05) is 25.6 Å². The van der Waals surface area contributed by atoms with Gasteiger partial charge in [-0.05, 0) is 19.9 Å². The Morgan fingerprint density at radius 3 is 2.33 bits per heavy atom. The van der Waals surface area contributed by atoms with E-state index in [4.69, 9.17) is 14.2 Å². The standard InChI is InChI=1S/C14H18N2O5/c1-4-20-13(17)10(14(18)21-5-2)9-15-11-7-6-8-12(16-11)19-3/h6-9H,4-5H2,1-3H3,(H,15,16). The maximum atomic E-state index is 11.7. The minimum atomic E-state index is -0.758. The summed E-state index contributed by atoms with van der Waals surface area (Å²) >= 11 is 0. The molecule has 0 aromatic carbocycles. The van der Waals surface area contributed by atoms with Gasteiger partial charge in [0.1, 0.15) is 5.82 Å². The molecule has 1 rings (SSSR count). The van der Waals surface area contributed by atoms with Gasteiger partial charge in [0.2, 0.25) is 5.88 Å². The number of carbonyl (C=O) groups is 2. The topological polar surface area (TPSA) is 86.8 Å². The Labute approximate surface area is 122 Å². The molecular formula is C14H18N2O5. The number of methoxy groups -OCH3 is 1. The monoisotopic (exact) mass is 294 g/mol. The van der Waals surface area contributed by atoms with E-state index in [2.05, 4.69) is 10.3 Å². The molecule has 0 aliphatic carbocycles. The smallest absolute Gasteiger partial charge is 0.347 e. The summed E-state index contributed by atoms with van der Waals surface area (Å²) in [7, 11) is 1.49. The first-order chi connectivity index (χ1) is 10.1. The van der Waals surface area contributed by atoms with Gasteiger partial charge in [0.15, 0.2) is 5.57 Å². The summed E-state index contributed by atoms with van der Waals surface area (Å²) in [5.74, 6) is -0.694. The van der Waals surface area contributed by atoms with Crippen molar-refractivity contribution in [2.24, 2.45) is 0 Å². The van der Waals surface area contributed by atoms with E-state index in [9.17, 15) is 9.59 Å². The zero-order valence-electron chi connectivity index (χ0n) is 12.2. The van der Waals surface area contributed by atoms with E-state index in [0.717, 1.165) is 0 Å². The average Bonchev–Trinajstić information content (AvgIpc) is 2.48.